The quantitative estimate of drug-likeness (QED) is 0.187. The normalized spacial score (nSPS) is 15.3. The highest BCUT2D eigenvalue weighted by Crippen LogP contribution is 2.61. The summed E-state index contributed by atoms with van der Waals surface area (Å²) in [5.74, 6) is 3.22. The van der Waals surface area contributed by atoms with Crippen LogP contribution in [0.15, 0.2) is 170 Å². The van der Waals surface area contributed by atoms with Crippen LogP contribution in [0.2, 0.25) is 0 Å². The molecule has 0 saturated heterocycles. The zero-order valence-corrected chi connectivity index (χ0v) is 27.8. The van der Waals surface area contributed by atoms with E-state index in [4.69, 9.17) is 14.5 Å². The molecule has 4 aromatic heterocycles. The van der Waals surface area contributed by atoms with Crippen LogP contribution in [0, 0.1) is 0 Å². The van der Waals surface area contributed by atoms with E-state index < -0.39 is 5.41 Å². The van der Waals surface area contributed by atoms with Gasteiger partial charge in [-0.3, -0.25) is 14.5 Å². The molecule has 6 nitrogen and oxygen atoms in total. The molecule has 0 bridgehead atoms. The van der Waals surface area contributed by atoms with E-state index in [2.05, 4.69) is 124 Å². The number of aromatic nitrogens is 4. The summed E-state index contributed by atoms with van der Waals surface area (Å²) in [4.78, 5) is 13.8. The molecule has 1 atom stereocenters. The second-order valence-corrected chi connectivity index (χ2v) is 13.2. The summed E-state index contributed by atoms with van der Waals surface area (Å²) in [6.07, 6.45) is 7.32. The summed E-state index contributed by atoms with van der Waals surface area (Å²) in [7, 11) is 0. The third-order valence-corrected chi connectivity index (χ3v) is 10.5. The minimum absolute atomic E-state index is 0.705. The van der Waals surface area contributed by atoms with Crippen molar-refractivity contribution in [2.75, 3.05) is 0 Å². The van der Waals surface area contributed by atoms with Gasteiger partial charge in [-0.1, -0.05) is 72.8 Å². The molecule has 1 spiro atoms. The largest absolute Gasteiger partial charge is 0.457 e. The first-order chi connectivity index (χ1) is 25.8. The van der Waals surface area contributed by atoms with Crippen LogP contribution in [-0.4, -0.2) is 19.5 Å². The Balaban J connectivity index is 1.14. The van der Waals surface area contributed by atoms with E-state index in [1.807, 2.05) is 55.0 Å². The van der Waals surface area contributed by atoms with Gasteiger partial charge in [0.25, 0.3) is 0 Å². The Kier molecular flexibility index (Phi) is 6.07. The molecule has 0 radical (unpaired) electrons. The number of pyridine rings is 3. The average molecular weight is 669 g/mol. The van der Waals surface area contributed by atoms with Crippen LogP contribution in [-0.2, 0) is 5.41 Å². The van der Waals surface area contributed by atoms with Gasteiger partial charge < -0.3 is 9.47 Å². The molecule has 0 saturated carbocycles. The lowest BCUT2D eigenvalue weighted by molar-refractivity contribution is 0.399. The Bertz CT molecular complexity index is 2810. The molecule has 6 heteroatoms. The molecule has 2 aliphatic rings. The van der Waals surface area contributed by atoms with Crippen molar-refractivity contribution in [3.05, 3.63) is 193 Å². The summed E-state index contributed by atoms with van der Waals surface area (Å²) in [6.45, 7) is 0. The van der Waals surface area contributed by atoms with Gasteiger partial charge in [0.15, 0.2) is 0 Å². The van der Waals surface area contributed by atoms with Crippen molar-refractivity contribution >= 4 is 21.9 Å². The number of rotatable bonds is 3. The maximum absolute atomic E-state index is 6.86. The average Bonchev–Trinajstić information content (AvgIpc) is 3.55. The molecule has 9 aromatic rings. The molecule has 0 aliphatic carbocycles. The lowest BCUT2D eigenvalue weighted by Gasteiger charge is -2.45. The van der Waals surface area contributed by atoms with Gasteiger partial charge in [-0.2, -0.15) is 0 Å². The fourth-order valence-corrected chi connectivity index (χ4v) is 8.32. The molecule has 52 heavy (non-hydrogen) atoms. The van der Waals surface area contributed by atoms with Gasteiger partial charge in [0, 0.05) is 69.4 Å². The lowest BCUT2D eigenvalue weighted by atomic mass is 9.62. The smallest absolute Gasteiger partial charge is 0.145 e. The summed E-state index contributed by atoms with van der Waals surface area (Å²) in [5.41, 5.74) is 10.5. The molecular formula is C46H28N4O2. The second-order valence-electron chi connectivity index (χ2n) is 13.2. The van der Waals surface area contributed by atoms with E-state index >= 15 is 0 Å². The Hall–Kier alpha value is -7.05. The SMILES string of the molecule is c1cncc(-c2cc(-c3ccc4c(c3)Oc3ccccc3C43c4ccccc4Oc4cc(-n5c6ccccc6c6cccnc65)ccc43)ccn2)c1. The van der Waals surface area contributed by atoms with Gasteiger partial charge in [-0.15, -0.1) is 0 Å². The molecule has 6 heterocycles. The third-order valence-electron chi connectivity index (χ3n) is 10.5. The molecule has 1 unspecified atom stereocenters. The Morgan fingerprint density at radius 2 is 1.13 bits per heavy atom. The van der Waals surface area contributed by atoms with Crippen molar-refractivity contribution in [3.63, 3.8) is 0 Å². The van der Waals surface area contributed by atoms with Crippen LogP contribution in [0.25, 0.3) is 50.0 Å². The number of fused-ring (bicyclic) bond motifs is 11. The van der Waals surface area contributed by atoms with E-state index in [9.17, 15) is 0 Å². The Morgan fingerprint density at radius 1 is 0.462 bits per heavy atom. The molecule has 0 N–H and O–H groups in total. The number of nitrogens with zero attached hydrogens (tertiary/aromatic N) is 4. The highest BCUT2D eigenvalue weighted by atomic mass is 16.5. The van der Waals surface area contributed by atoms with Crippen molar-refractivity contribution in [1.29, 1.82) is 0 Å². The Labute approximate surface area is 299 Å². The van der Waals surface area contributed by atoms with Gasteiger partial charge in [-0.25, -0.2) is 4.98 Å². The zero-order valence-electron chi connectivity index (χ0n) is 27.8. The van der Waals surface area contributed by atoms with Crippen LogP contribution in [0.4, 0.5) is 0 Å². The highest BCUT2D eigenvalue weighted by Gasteiger charge is 2.50. The molecular weight excluding hydrogens is 641 g/mol. The van der Waals surface area contributed by atoms with Crippen molar-refractivity contribution in [3.8, 4) is 51.1 Å². The van der Waals surface area contributed by atoms with Crippen molar-refractivity contribution < 1.29 is 9.47 Å². The predicted molar refractivity (Wildman–Crippen MR) is 203 cm³/mol. The van der Waals surface area contributed by atoms with Crippen LogP contribution >= 0.6 is 0 Å². The highest BCUT2D eigenvalue weighted by molar-refractivity contribution is 6.07. The van der Waals surface area contributed by atoms with E-state index in [0.29, 0.717) is 0 Å². The fraction of sp³-hybridized carbons (Fsp3) is 0.0217. The minimum Gasteiger partial charge on any atom is -0.457 e. The summed E-state index contributed by atoms with van der Waals surface area (Å²) >= 11 is 0. The summed E-state index contributed by atoms with van der Waals surface area (Å²) < 4.78 is 15.9. The van der Waals surface area contributed by atoms with Crippen molar-refractivity contribution in [1.82, 2.24) is 19.5 Å². The molecule has 2 aliphatic heterocycles. The first-order valence-electron chi connectivity index (χ1n) is 17.3. The summed E-state index contributed by atoms with van der Waals surface area (Å²) in [5, 5.41) is 2.28. The first kappa shape index (κ1) is 28.8. The van der Waals surface area contributed by atoms with E-state index in [1.54, 1.807) is 6.20 Å². The van der Waals surface area contributed by atoms with Crippen LogP contribution in [0.3, 0.4) is 0 Å². The number of ether oxygens (including phenoxy) is 2. The van der Waals surface area contributed by atoms with E-state index in [0.717, 1.165) is 95.3 Å². The molecule has 5 aromatic carbocycles. The lowest BCUT2D eigenvalue weighted by Crippen LogP contribution is -2.36. The van der Waals surface area contributed by atoms with Crippen LogP contribution < -0.4 is 9.47 Å². The topological polar surface area (TPSA) is 62.1 Å². The van der Waals surface area contributed by atoms with E-state index in [1.165, 1.54) is 0 Å². The van der Waals surface area contributed by atoms with Gasteiger partial charge >= 0.3 is 0 Å². The van der Waals surface area contributed by atoms with Crippen LogP contribution in [0.1, 0.15) is 22.3 Å². The summed E-state index contributed by atoms with van der Waals surface area (Å²) in [6, 6.07) is 50.6. The second kappa shape index (κ2) is 11.0. The molecule has 244 valence electrons. The monoisotopic (exact) mass is 668 g/mol. The van der Waals surface area contributed by atoms with Gasteiger partial charge in [0.05, 0.1) is 22.3 Å². The minimum atomic E-state index is -0.705. The number of benzene rings is 5. The Morgan fingerprint density at radius 3 is 1.94 bits per heavy atom. The van der Waals surface area contributed by atoms with Gasteiger partial charge in [0.2, 0.25) is 0 Å². The third kappa shape index (κ3) is 4.03. The van der Waals surface area contributed by atoms with Gasteiger partial charge in [-0.05, 0) is 77.9 Å². The zero-order chi connectivity index (χ0) is 34.2. The molecule has 0 amide bonds. The maximum Gasteiger partial charge on any atom is 0.145 e. The number of para-hydroxylation sites is 3. The van der Waals surface area contributed by atoms with E-state index in [-0.39, 0.29) is 0 Å². The number of hydrogen-bond acceptors (Lipinski definition) is 5. The fourth-order valence-electron chi connectivity index (χ4n) is 8.32. The first-order valence-corrected chi connectivity index (χ1v) is 17.3. The van der Waals surface area contributed by atoms with Crippen molar-refractivity contribution in [2.24, 2.45) is 0 Å². The number of hydrogen-bond donors (Lipinski definition) is 0. The van der Waals surface area contributed by atoms with Gasteiger partial charge in [0.1, 0.15) is 28.6 Å². The molecule has 0 fully saturated rings. The predicted octanol–water partition coefficient (Wildman–Crippen LogP) is 10.9. The van der Waals surface area contributed by atoms with Crippen LogP contribution in [0.5, 0.6) is 23.0 Å². The maximum atomic E-state index is 6.86. The van der Waals surface area contributed by atoms with Crippen molar-refractivity contribution in [2.45, 2.75) is 5.41 Å². The standard InChI is InChI=1S/C46H28N4O2/c1-4-14-40-33(10-1)34-11-8-23-49-45(34)50(40)32-18-20-38-44(27-32)52-42-16-6-3-13-36(42)46(38)35-12-2-5-15-41(35)51-43-26-29(17-19-37(43)46)30-21-24-48-39(25-30)31-9-7-22-47-28-31/h1-28H. The molecule has 11 rings (SSSR count).